The van der Waals surface area contributed by atoms with Gasteiger partial charge in [-0.05, 0) is 59.2 Å². The second-order valence-electron chi connectivity index (χ2n) is 16.4. The number of esters is 2. The van der Waals surface area contributed by atoms with Gasteiger partial charge < -0.3 is 40.2 Å². The number of carbonyl (C=O) groups excluding carboxylic acids is 4. The summed E-state index contributed by atoms with van der Waals surface area (Å²) in [5.41, 5.74) is 9.15. The highest BCUT2D eigenvalue weighted by atomic mass is 19.4. The van der Waals surface area contributed by atoms with E-state index < -0.39 is 77.7 Å². The fourth-order valence-corrected chi connectivity index (χ4v) is 6.94. The molecule has 1 aromatic heterocycles. The van der Waals surface area contributed by atoms with Crippen LogP contribution >= 0.6 is 0 Å². The molecular weight excluding hydrogens is 884 g/mol. The van der Waals surface area contributed by atoms with Gasteiger partial charge in [0, 0.05) is 42.5 Å². The van der Waals surface area contributed by atoms with E-state index in [1.54, 1.807) is 36.5 Å². The molecule has 18 heteroatoms. The molecule has 0 fully saturated rings. The zero-order valence-electron chi connectivity index (χ0n) is 37.0. The van der Waals surface area contributed by atoms with Gasteiger partial charge in [-0.15, -0.1) is 0 Å². The first-order valence-electron chi connectivity index (χ1n) is 21.0. The summed E-state index contributed by atoms with van der Waals surface area (Å²) >= 11 is 0. The number of aliphatic carboxylic acids is 1. The van der Waals surface area contributed by atoms with E-state index in [1.807, 2.05) is 92.1 Å². The number of aliphatic hydroxyl groups excluding tert-OH is 1. The van der Waals surface area contributed by atoms with Gasteiger partial charge >= 0.3 is 24.1 Å². The van der Waals surface area contributed by atoms with Crippen molar-refractivity contribution in [2.75, 3.05) is 13.2 Å². The molecular formula is C49H53F5N4O9. The number of amides is 2. The quantitative estimate of drug-likeness (QED) is 0.0477. The van der Waals surface area contributed by atoms with E-state index in [0.717, 1.165) is 34.9 Å². The molecule has 0 aliphatic carbocycles. The van der Waals surface area contributed by atoms with Gasteiger partial charge in [-0.25, -0.2) is 18.4 Å². The van der Waals surface area contributed by atoms with Crippen molar-refractivity contribution in [3.05, 3.63) is 155 Å². The number of rotatable bonds is 19. The van der Waals surface area contributed by atoms with Gasteiger partial charge in [0.15, 0.2) is 0 Å². The summed E-state index contributed by atoms with van der Waals surface area (Å²) in [5.74, 6) is -6.73. The third kappa shape index (κ3) is 16.5. The summed E-state index contributed by atoms with van der Waals surface area (Å²) in [7, 11) is 0. The van der Waals surface area contributed by atoms with Crippen LogP contribution in [0, 0.1) is 17.0 Å². The number of ether oxygens (including phenoxy) is 2. The molecule has 5 rings (SSSR count). The molecule has 0 unspecified atom stereocenters. The number of alkyl halides is 3. The van der Waals surface area contributed by atoms with E-state index in [4.69, 9.17) is 25.1 Å². The molecule has 0 radical (unpaired) electrons. The maximum Gasteiger partial charge on any atom is 0.490 e. The number of aromatic nitrogens is 1. The SMILES string of the molecule is CC(C)(C)[C@H](c1cc(-c2cc(F)ccc2F)cn1Cc1ccccc1)N(CC[C@H](N)C(=O)N[C@H](CCC(=O)OCc1ccccc1)C(=O)OCc1ccccc1)C(=O)CO.O=C(O)C(F)(F)F. The number of hydrogen-bond acceptors (Lipinski definition) is 9. The largest absolute Gasteiger partial charge is 0.490 e. The second kappa shape index (κ2) is 24.6. The van der Waals surface area contributed by atoms with Crippen molar-refractivity contribution in [3.63, 3.8) is 0 Å². The number of nitrogens with one attached hydrogen (secondary N) is 1. The minimum atomic E-state index is -5.08. The number of carboxylic acids is 1. The molecule has 0 saturated carbocycles. The van der Waals surface area contributed by atoms with Crippen LogP contribution < -0.4 is 11.1 Å². The molecule has 67 heavy (non-hydrogen) atoms. The zero-order valence-corrected chi connectivity index (χ0v) is 37.0. The molecule has 5 N–H and O–H groups in total. The first kappa shape index (κ1) is 52.7. The number of carbonyl (C=O) groups is 5. The van der Waals surface area contributed by atoms with Crippen LogP contribution in [0.25, 0.3) is 11.1 Å². The van der Waals surface area contributed by atoms with Crippen molar-refractivity contribution >= 4 is 29.7 Å². The number of benzene rings is 4. The van der Waals surface area contributed by atoms with Crippen LogP contribution in [0.5, 0.6) is 0 Å². The molecule has 1 heterocycles. The molecule has 2 amide bonds. The predicted molar refractivity (Wildman–Crippen MR) is 236 cm³/mol. The smallest absolute Gasteiger partial charge is 0.475 e. The lowest BCUT2D eigenvalue weighted by molar-refractivity contribution is -0.192. The van der Waals surface area contributed by atoms with Crippen molar-refractivity contribution in [3.8, 4) is 11.1 Å². The minimum absolute atomic E-state index is 0.0377. The number of halogens is 5. The summed E-state index contributed by atoms with van der Waals surface area (Å²) in [4.78, 5) is 63.7. The molecule has 5 aromatic rings. The van der Waals surface area contributed by atoms with E-state index in [9.17, 15) is 41.8 Å². The first-order chi connectivity index (χ1) is 31.7. The fourth-order valence-electron chi connectivity index (χ4n) is 6.94. The van der Waals surface area contributed by atoms with Gasteiger partial charge in [-0.1, -0.05) is 112 Å². The third-order valence-corrected chi connectivity index (χ3v) is 10.2. The third-order valence-electron chi connectivity index (χ3n) is 10.2. The molecule has 0 spiro atoms. The van der Waals surface area contributed by atoms with Crippen LogP contribution in [0.4, 0.5) is 22.0 Å². The van der Waals surface area contributed by atoms with Crippen LogP contribution in [-0.4, -0.2) is 80.8 Å². The lowest BCUT2D eigenvalue weighted by Crippen LogP contribution is -2.51. The number of aliphatic hydroxyl groups is 1. The number of hydrogen-bond donors (Lipinski definition) is 4. The van der Waals surface area contributed by atoms with Crippen LogP contribution in [0.2, 0.25) is 0 Å². The topological polar surface area (TPSA) is 190 Å². The summed E-state index contributed by atoms with van der Waals surface area (Å²) in [6.07, 6.45) is -3.81. The van der Waals surface area contributed by atoms with Gasteiger partial charge in [0.05, 0.1) is 12.1 Å². The minimum Gasteiger partial charge on any atom is -0.475 e. The van der Waals surface area contributed by atoms with Crippen LogP contribution in [0.15, 0.2) is 121 Å². The Morgan fingerprint density at radius 3 is 1.84 bits per heavy atom. The average Bonchev–Trinajstić information content (AvgIpc) is 3.70. The predicted octanol–water partition coefficient (Wildman–Crippen LogP) is 7.49. The van der Waals surface area contributed by atoms with Crippen LogP contribution in [0.3, 0.4) is 0 Å². The lowest BCUT2D eigenvalue weighted by Gasteiger charge is -2.41. The average molecular weight is 937 g/mol. The summed E-state index contributed by atoms with van der Waals surface area (Å²) in [6, 6.07) is 29.2. The van der Waals surface area contributed by atoms with E-state index in [0.29, 0.717) is 17.8 Å². The zero-order chi connectivity index (χ0) is 49.3. The summed E-state index contributed by atoms with van der Waals surface area (Å²) in [6.45, 7) is 5.05. The van der Waals surface area contributed by atoms with Crippen LogP contribution in [-0.2, 0) is 53.2 Å². The van der Waals surface area contributed by atoms with Gasteiger partial charge in [0.25, 0.3) is 0 Å². The van der Waals surface area contributed by atoms with Crippen molar-refractivity contribution in [1.82, 2.24) is 14.8 Å². The monoisotopic (exact) mass is 936 g/mol. The Labute approximate surface area is 384 Å². The highest BCUT2D eigenvalue weighted by Crippen LogP contribution is 2.41. The van der Waals surface area contributed by atoms with Crippen molar-refractivity contribution in [1.29, 1.82) is 0 Å². The lowest BCUT2D eigenvalue weighted by atomic mass is 9.82. The standard InChI is InChI=1S/C47H52F2N4O7.C2HF3O2/c1-47(2,3)44(41-25-35(37-26-36(48)19-20-38(37)49)28-52(41)27-32-13-7-4-8-14-32)53(42(55)29-54)24-23-39(50)45(57)51-40(46(58)60-31-34-17-11-6-12-18-34)21-22-43(56)59-30-33-15-9-5-10-16-33;3-2(4,5)1(6)7/h4-20,25-26,28,39-40,44,54H,21-24,27,29-31,50H2,1-3H3,(H,51,57);(H,6,7)/t39-,40+,44-;/m0./s1. The summed E-state index contributed by atoms with van der Waals surface area (Å²) < 4.78 is 74.1. The molecule has 0 aliphatic heterocycles. The Hall–Kier alpha value is -6.92. The normalized spacial score (nSPS) is 12.7. The number of carboxylic acid groups (broad SMARTS) is 1. The molecule has 0 bridgehead atoms. The second-order valence-corrected chi connectivity index (χ2v) is 16.4. The van der Waals surface area contributed by atoms with Crippen molar-refractivity contribution in [2.24, 2.45) is 11.1 Å². The maximum absolute atomic E-state index is 15.2. The Morgan fingerprint density at radius 2 is 1.31 bits per heavy atom. The molecule has 13 nitrogen and oxygen atoms in total. The first-order valence-corrected chi connectivity index (χ1v) is 21.0. The van der Waals surface area contributed by atoms with E-state index in [2.05, 4.69) is 5.32 Å². The van der Waals surface area contributed by atoms with E-state index in [1.165, 1.54) is 4.90 Å². The maximum atomic E-state index is 15.2. The van der Waals surface area contributed by atoms with Gasteiger partial charge in [-0.2, -0.15) is 13.2 Å². The van der Waals surface area contributed by atoms with Gasteiger partial charge in [0.2, 0.25) is 11.8 Å². The number of nitrogens with zero attached hydrogens (tertiary/aromatic N) is 2. The highest BCUT2D eigenvalue weighted by molar-refractivity contribution is 5.88. The number of nitrogens with two attached hydrogens (primary N) is 1. The molecule has 0 aliphatic rings. The van der Waals surface area contributed by atoms with Gasteiger partial charge in [-0.3, -0.25) is 14.4 Å². The Kier molecular flexibility index (Phi) is 19.3. The molecule has 358 valence electrons. The molecule has 4 aromatic carbocycles. The van der Waals surface area contributed by atoms with E-state index in [-0.39, 0.29) is 44.6 Å². The highest BCUT2D eigenvalue weighted by Gasteiger charge is 2.39. The Morgan fingerprint density at radius 1 is 0.776 bits per heavy atom. The summed E-state index contributed by atoms with van der Waals surface area (Å²) in [5, 5.41) is 20.0. The van der Waals surface area contributed by atoms with Crippen molar-refractivity contribution in [2.45, 2.75) is 84.1 Å². The Balaban J connectivity index is 0.00000129. The van der Waals surface area contributed by atoms with Crippen LogP contribution in [0.1, 0.15) is 68.5 Å². The Bertz CT molecular complexity index is 2410. The van der Waals surface area contributed by atoms with Gasteiger partial charge in [0.1, 0.15) is 37.5 Å². The fraction of sp³-hybridized carbons (Fsp3) is 0.327. The van der Waals surface area contributed by atoms with E-state index >= 15 is 4.39 Å². The van der Waals surface area contributed by atoms with Crippen molar-refractivity contribution < 1.29 is 65.6 Å². The molecule has 3 atom stereocenters. The molecule has 0 saturated heterocycles.